The van der Waals surface area contributed by atoms with Crippen LogP contribution in [-0.4, -0.2) is 29.1 Å². The highest BCUT2D eigenvalue weighted by atomic mass is 16.2. The Morgan fingerprint density at radius 2 is 1.81 bits per heavy atom. The van der Waals surface area contributed by atoms with Crippen molar-refractivity contribution in [2.24, 2.45) is 17.8 Å². The van der Waals surface area contributed by atoms with Gasteiger partial charge in [0.2, 0.25) is 5.91 Å². The molecule has 1 aliphatic carbocycles. The topological polar surface area (TPSA) is 32.3 Å². The van der Waals surface area contributed by atoms with Crippen molar-refractivity contribution in [3.63, 3.8) is 0 Å². The zero-order valence-corrected chi connectivity index (χ0v) is 11.0. The molecule has 0 aromatic carbocycles. The molecule has 0 aromatic rings. The summed E-state index contributed by atoms with van der Waals surface area (Å²) in [5.41, 5.74) is 0. The van der Waals surface area contributed by atoms with Crippen molar-refractivity contribution in [1.29, 1.82) is 0 Å². The van der Waals surface area contributed by atoms with Crippen molar-refractivity contribution >= 4 is 5.91 Å². The molecule has 2 fully saturated rings. The number of nitrogens with zero attached hydrogens (tertiary/aromatic N) is 1. The SMILES string of the molecule is CC(C)C1NC(C(C)C)N(C2CC2C)C1=O. The molecule has 4 atom stereocenters. The quantitative estimate of drug-likeness (QED) is 0.793. The minimum Gasteiger partial charge on any atom is -0.322 e. The van der Waals surface area contributed by atoms with Crippen LogP contribution in [0.25, 0.3) is 0 Å². The molecule has 92 valence electrons. The second-order valence-corrected chi connectivity index (χ2v) is 6.10. The number of amides is 1. The summed E-state index contributed by atoms with van der Waals surface area (Å²) < 4.78 is 0. The highest BCUT2D eigenvalue weighted by molar-refractivity contribution is 5.85. The Kier molecular flexibility index (Phi) is 2.99. The minimum absolute atomic E-state index is 0.0280. The molecule has 1 heterocycles. The van der Waals surface area contributed by atoms with E-state index >= 15 is 0 Å². The first-order valence-electron chi connectivity index (χ1n) is 6.51. The summed E-state index contributed by atoms with van der Waals surface area (Å²) in [4.78, 5) is 14.5. The lowest BCUT2D eigenvalue weighted by Crippen LogP contribution is -2.43. The van der Waals surface area contributed by atoms with Gasteiger partial charge in [0.15, 0.2) is 0 Å². The van der Waals surface area contributed by atoms with Crippen LogP contribution in [0.4, 0.5) is 0 Å². The summed E-state index contributed by atoms with van der Waals surface area (Å²) in [5, 5.41) is 3.51. The number of hydrogen-bond acceptors (Lipinski definition) is 2. The predicted octanol–water partition coefficient (Wildman–Crippen LogP) is 1.83. The van der Waals surface area contributed by atoms with Gasteiger partial charge in [0.1, 0.15) is 0 Å². The Morgan fingerprint density at radius 1 is 1.25 bits per heavy atom. The van der Waals surface area contributed by atoms with E-state index in [1.165, 1.54) is 6.42 Å². The van der Waals surface area contributed by atoms with Crippen LogP contribution in [0.2, 0.25) is 0 Å². The summed E-state index contributed by atoms with van der Waals surface area (Å²) in [6.07, 6.45) is 1.43. The van der Waals surface area contributed by atoms with Gasteiger partial charge in [-0.3, -0.25) is 10.1 Å². The van der Waals surface area contributed by atoms with Crippen LogP contribution in [0, 0.1) is 17.8 Å². The molecule has 16 heavy (non-hydrogen) atoms. The average molecular weight is 224 g/mol. The first-order chi connectivity index (χ1) is 7.43. The highest BCUT2D eigenvalue weighted by Crippen LogP contribution is 2.39. The van der Waals surface area contributed by atoms with E-state index in [2.05, 4.69) is 44.8 Å². The first-order valence-corrected chi connectivity index (χ1v) is 6.51. The highest BCUT2D eigenvalue weighted by Gasteiger charge is 2.50. The third kappa shape index (κ3) is 1.86. The monoisotopic (exact) mass is 224 g/mol. The minimum atomic E-state index is 0.0280. The van der Waals surface area contributed by atoms with E-state index in [0.717, 1.165) is 0 Å². The molecule has 2 rings (SSSR count). The van der Waals surface area contributed by atoms with Crippen LogP contribution < -0.4 is 5.32 Å². The molecule has 3 nitrogen and oxygen atoms in total. The van der Waals surface area contributed by atoms with Crippen LogP contribution in [0.15, 0.2) is 0 Å². The maximum absolute atomic E-state index is 12.4. The van der Waals surface area contributed by atoms with Crippen LogP contribution in [-0.2, 0) is 4.79 Å². The Morgan fingerprint density at radius 3 is 2.19 bits per heavy atom. The smallest absolute Gasteiger partial charge is 0.241 e. The normalized spacial score (nSPS) is 38.9. The molecule has 2 aliphatic rings. The van der Waals surface area contributed by atoms with Crippen molar-refractivity contribution in [2.75, 3.05) is 0 Å². The molecule has 4 unspecified atom stereocenters. The number of hydrogen-bond donors (Lipinski definition) is 1. The van der Waals surface area contributed by atoms with E-state index in [1.807, 2.05) is 0 Å². The van der Waals surface area contributed by atoms with Crippen LogP contribution in [0.5, 0.6) is 0 Å². The van der Waals surface area contributed by atoms with Gasteiger partial charge < -0.3 is 4.90 Å². The van der Waals surface area contributed by atoms with Gasteiger partial charge in [-0.2, -0.15) is 0 Å². The lowest BCUT2D eigenvalue weighted by atomic mass is 10.0. The molecular weight excluding hydrogens is 200 g/mol. The standard InChI is InChI=1S/C13H24N2O/c1-7(2)11-13(16)15(10-6-9(10)5)12(14-11)8(3)4/h7-12,14H,6H2,1-5H3. The van der Waals surface area contributed by atoms with Gasteiger partial charge in [0.05, 0.1) is 12.2 Å². The lowest BCUT2D eigenvalue weighted by molar-refractivity contribution is -0.131. The van der Waals surface area contributed by atoms with Gasteiger partial charge in [-0.1, -0.05) is 34.6 Å². The van der Waals surface area contributed by atoms with E-state index in [0.29, 0.717) is 29.7 Å². The number of rotatable bonds is 3. The van der Waals surface area contributed by atoms with Crippen LogP contribution in [0.1, 0.15) is 41.0 Å². The zero-order valence-electron chi connectivity index (χ0n) is 11.0. The molecule has 1 saturated heterocycles. The van der Waals surface area contributed by atoms with Gasteiger partial charge in [0.25, 0.3) is 0 Å². The summed E-state index contributed by atoms with van der Waals surface area (Å²) in [7, 11) is 0. The van der Waals surface area contributed by atoms with Crippen molar-refractivity contribution in [2.45, 2.75) is 59.3 Å². The van der Waals surface area contributed by atoms with E-state index in [-0.39, 0.29) is 12.2 Å². The molecular formula is C13H24N2O. The fourth-order valence-corrected chi connectivity index (χ4v) is 2.68. The Bertz CT molecular complexity index is 288. The molecule has 0 bridgehead atoms. The Labute approximate surface area is 98.6 Å². The van der Waals surface area contributed by atoms with E-state index < -0.39 is 0 Å². The van der Waals surface area contributed by atoms with Crippen LogP contribution in [0.3, 0.4) is 0 Å². The van der Waals surface area contributed by atoms with Crippen molar-refractivity contribution in [3.8, 4) is 0 Å². The molecule has 0 spiro atoms. The van der Waals surface area contributed by atoms with Crippen molar-refractivity contribution in [3.05, 3.63) is 0 Å². The van der Waals surface area contributed by atoms with E-state index in [1.54, 1.807) is 0 Å². The molecule has 1 saturated carbocycles. The van der Waals surface area contributed by atoms with Gasteiger partial charge in [-0.15, -0.1) is 0 Å². The molecule has 0 radical (unpaired) electrons. The van der Waals surface area contributed by atoms with Gasteiger partial charge in [0, 0.05) is 6.04 Å². The fourth-order valence-electron chi connectivity index (χ4n) is 2.68. The molecule has 1 aliphatic heterocycles. The molecule has 1 amide bonds. The third-order valence-electron chi connectivity index (χ3n) is 3.89. The van der Waals surface area contributed by atoms with E-state index in [4.69, 9.17) is 0 Å². The predicted molar refractivity (Wildman–Crippen MR) is 64.8 cm³/mol. The third-order valence-corrected chi connectivity index (χ3v) is 3.89. The largest absolute Gasteiger partial charge is 0.322 e. The Hall–Kier alpha value is -0.570. The molecule has 0 aromatic heterocycles. The fraction of sp³-hybridized carbons (Fsp3) is 0.923. The van der Waals surface area contributed by atoms with Gasteiger partial charge in [-0.05, 0) is 24.2 Å². The number of nitrogens with one attached hydrogen (secondary N) is 1. The maximum Gasteiger partial charge on any atom is 0.241 e. The molecule has 3 heteroatoms. The van der Waals surface area contributed by atoms with Crippen molar-refractivity contribution < 1.29 is 4.79 Å². The average Bonchev–Trinajstić information content (AvgIpc) is 2.75. The van der Waals surface area contributed by atoms with Crippen LogP contribution >= 0.6 is 0 Å². The van der Waals surface area contributed by atoms with E-state index in [9.17, 15) is 4.79 Å². The lowest BCUT2D eigenvalue weighted by Gasteiger charge is -2.27. The molecule has 1 N–H and O–H groups in total. The van der Waals surface area contributed by atoms with Gasteiger partial charge >= 0.3 is 0 Å². The summed E-state index contributed by atoms with van der Waals surface area (Å²) >= 11 is 0. The second-order valence-electron chi connectivity index (χ2n) is 6.10. The Balaban J connectivity index is 2.16. The first kappa shape index (κ1) is 11.9. The number of carbonyl (C=O) groups excluding carboxylic acids is 1. The summed E-state index contributed by atoms with van der Waals surface area (Å²) in [6, 6.07) is 0.524. The zero-order chi connectivity index (χ0) is 12.0. The van der Waals surface area contributed by atoms with Gasteiger partial charge in [-0.25, -0.2) is 0 Å². The summed E-state index contributed by atoms with van der Waals surface area (Å²) in [6.45, 7) is 10.8. The number of carbonyl (C=O) groups is 1. The van der Waals surface area contributed by atoms with Crippen molar-refractivity contribution in [1.82, 2.24) is 10.2 Å². The maximum atomic E-state index is 12.4. The second kappa shape index (κ2) is 4.02. The summed E-state index contributed by atoms with van der Waals surface area (Å²) in [5.74, 6) is 1.88.